The van der Waals surface area contributed by atoms with Crippen molar-refractivity contribution in [1.82, 2.24) is 15.5 Å². The third kappa shape index (κ3) is 7.15. The molecule has 7 nitrogen and oxygen atoms in total. The summed E-state index contributed by atoms with van der Waals surface area (Å²) in [4.78, 5) is 17.5. The lowest BCUT2D eigenvalue weighted by Gasteiger charge is -2.13. The minimum Gasteiger partial charge on any atom is -0.493 e. The Balaban J connectivity index is 2.62. The second kappa shape index (κ2) is 11.0. The van der Waals surface area contributed by atoms with Gasteiger partial charge in [0.05, 0.1) is 14.2 Å². The topological polar surface area (TPSA) is 75.2 Å². The van der Waals surface area contributed by atoms with Crippen LogP contribution in [0.5, 0.6) is 11.5 Å². The molecule has 0 spiro atoms. The summed E-state index contributed by atoms with van der Waals surface area (Å²) in [7, 11) is 6.64. The van der Waals surface area contributed by atoms with Gasteiger partial charge >= 0.3 is 0 Å². The molecule has 0 aromatic heterocycles. The highest BCUT2D eigenvalue weighted by Crippen LogP contribution is 2.27. The Labute approximate surface area is 149 Å². The zero-order chi connectivity index (χ0) is 18.7. The van der Waals surface area contributed by atoms with E-state index >= 15 is 0 Å². The Kier molecular flexibility index (Phi) is 8.92. The lowest BCUT2D eigenvalue weighted by atomic mass is 10.1. The van der Waals surface area contributed by atoms with Gasteiger partial charge in [-0.25, -0.2) is 4.99 Å². The fourth-order valence-corrected chi connectivity index (χ4v) is 1.99. The molecule has 138 valence electrons. The summed E-state index contributed by atoms with van der Waals surface area (Å²) < 4.78 is 10.5. The molecule has 1 aromatic rings. The van der Waals surface area contributed by atoms with Gasteiger partial charge in [0.25, 0.3) is 0 Å². The highest BCUT2D eigenvalue weighted by atomic mass is 16.5. The lowest BCUT2D eigenvalue weighted by Crippen LogP contribution is -2.39. The molecule has 1 rings (SSSR count). The van der Waals surface area contributed by atoms with Gasteiger partial charge in [0.2, 0.25) is 5.91 Å². The average molecular weight is 348 g/mol. The molecule has 0 heterocycles. The van der Waals surface area contributed by atoms with Gasteiger partial charge in [0.15, 0.2) is 17.5 Å². The van der Waals surface area contributed by atoms with E-state index in [0.29, 0.717) is 30.5 Å². The van der Waals surface area contributed by atoms with E-state index in [1.807, 2.05) is 18.2 Å². The van der Waals surface area contributed by atoms with E-state index in [2.05, 4.69) is 22.2 Å². The highest BCUT2D eigenvalue weighted by molar-refractivity contribution is 5.84. The van der Waals surface area contributed by atoms with Crippen LogP contribution in [0.15, 0.2) is 35.8 Å². The summed E-state index contributed by atoms with van der Waals surface area (Å²) in [5.74, 6) is 1.93. The third-order valence-corrected chi connectivity index (χ3v) is 3.44. The van der Waals surface area contributed by atoms with Crippen molar-refractivity contribution in [1.29, 1.82) is 0 Å². The van der Waals surface area contributed by atoms with E-state index in [9.17, 15) is 4.79 Å². The molecule has 0 aliphatic rings. The highest BCUT2D eigenvalue weighted by Gasteiger charge is 2.06. The smallest absolute Gasteiger partial charge is 0.243 e. The zero-order valence-electron chi connectivity index (χ0n) is 15.5. The van der Waals surface area contributed by atoms with Gasteiger partial charge in [-0.3, -0.25) is 4.79 Å². The van der Waals surface area contributed by atoms with Gasteiger partial charge < -0.3 is 25.0 Å². The number of carbonyl (C=O) groups excluding carboxylic acids is 1. The summed E-state index contributed by atoms with van der Waals surface area (Å²) >= 11 is 0. The number of likely N-dealkylation sites (N-methyl/N-ethyl adjacent to an activating group) is 1. The molecule has 0 aliphatic carbocycles. The summed E-state index contributed by atoms with van der Waals surface area (Å²) in [6.07, 6.45) is 2.51. The molecule has 25 heavy (non-hydrogen) atoms. The standard InChI is InChI=1S/C18H28N4O3/c1-6-10-19-18(21-13-17(23)22(2)3)20-11-9-14-7-8-15(24-4)16(12-14)25-5/h6-8,12H,1,9-11,13H2,2-5H3,(H2,19,20,21). The number of aliphatic imine (C=N–C) groups is 1. The number of amides is 1. The number of hydrogen-bond acceptors (Lipinski definition) is 4. The maximum atomic E-state index is 11.7. The van der Waals surface area contributed by atoms with Crippen molar-refractivity contribution in [3.8, 4) is 11.5 Å². The van der Waals surface area contributed by atoms with Crippen LogP contribution in [0.3, 0.4) is 0 Å². The van der Waals surface area contributed by atoms with E-state index in [4.69, 9.17) is 9.47 Å². The predicted molar refractivity (Wildman–Crippen MR) is 100 cm³/mol. The van der Waals surface area contributed by atoms with Crippen LogP contribution in [-0.2, 0) is 11.2 Å². The maximum Gasteiger partial charge on any atom is 0.243 e. The van der Waals surface area contributed by atoms with Crippen molar-refractivity contribution < 1.29 is 14.3 Å². The van der Waals surface area contributed by atoms with Gasteiger partial charge in [-0.2, -0.15) is 0 Å². The monoisotopic (exact) mass is 348 g/mol. The summed E-state index contributed by atoms with van der Waals surface area (Å²) in [5, 5.41) is 6.31. The largest absolute Gasteiger partial charge is 0.493 e. The Morgan fingerprint density at radius 1 is 1.24 bits per heavy atom. The van der Waals surface area contributed by atoms with Gasteiger partial charge in [0, 0.05) is 27.2 Å². The number of nitrogens with zero attached hydrogens (tertiary/aromatic N) is 2. The molecule has 7 heteroatoms. The lowest BCUT2D eigenvalue weighted by molar-refractivity contribution is -0.127. The number of carbonyl (C=O) groups is 1. The Bertz CT molecular complexity index is 600. The SMILES string of the molecule is C=CCNC(=NCC(=O)N(C)C)NCCc1ccc(OC)c(OC)c1. The summed E-state index contributed by atoms with van der Waals surface area (Å²) in [5.41, 5.74) is 1.11. The molecule has 1 amide bonds. The molecule has 0 atom stereocenters. The van der Waals surface area contributed by atoms with Gasteiger partial charge in [-0.1, -0.05) is 12.1 Å². The molecule has 0 fully saturated rings. The quantitative estimate of drug-likeness (QED) is 0.396. The number of nitrogens with one attached hydrogen (secondary N) is 2. The minimum atomic E-state index is -0.0559. The summed E-state index contributed by atoms with van der Waals surface area (Å²) in [6.45, 7) is 5.00. The first kappa shape index (κ1) is 20.3. The Morgan fingerprint density at radius 2 is 1.96 bits per heavy atom. The first-order chi connectivity index (χ1) is 12.0. The van der Waals surface area contributed by atoms with Crippen molar-refractivity contribution in [3.63, 3.8) is 0 Å². The first-order valence-electron chi connectivity index (χ1n) is 8.06. The summed E-state index contributed by atoms with van der Waals surface area (Å²) in [6, 6.07) is 5.82. The number of methoxy groups -OCH3 is 2. The van der Waals surface area contributed by atoms with Crippen LogP contribution < -0.4 is 20.1 Å². The van der Waals surface area contributed by atoms with Crippen LogP contribution in [-0.4, -0.2) is 64.7 Å². The normalized spacial score (nSPS) is 10.8. The molecule has 1 aromatic carbocycles. The second-order valence-corrected chi connectivity index (χ2v) is 5.49. The van der Waals surface area contributed by atoms with Crippen LogP contribution in [0.4, 0.5) is 0 Å². The molecule has 2 N–H and O–H groups in total. The van der Waals surface area contributed by atoms with Crippen LogP contribution in [0.25, 0.3) is 0 Å². The number of guanidine groups is 1. The maximum absolute atomic E-state index is 11.7. The van der Waals surface area contributed by atoms with Crippen LogP contribution in [0.1, 0.15) is 5.56 Å². The zero-order valence-corrected chi connectivity index (χ0v) is 15.5. The van der Waals surface area contributed by atoms with E-state index in [1.165, 1.54) is 4.90 Å². The molecule has 0 saturated heterocycles. The first-order valence-corrected chi connectivity index (χ1v) is 8.06. The number of ether oxygens (including phenoxy) is 2. The van der Waals surface area contributed by atoms with Crippen LogP contribution in [0.2, 0.25) is 0 Å². The molecule has 0 saturated carbocycles. The molecule has 0 unspecified atom stereocenters. The molecular weight excluding hydrogens is 320 g/mol. The van der Waals surface area contributed by atoms with Crippen molar-refractivity contribution in [2.45, 2.75) is 6.42 Å². The molecule has 0 bridgehead atoms. The fourth-order valence-electron chi connectivity index (χ4n) is 1.99. The van der Waals surface area contributed by atoms with Crippen LogP contribution in [0, 0.1) is 0 Å². The van der Waals surface area contributed by atoms with E-state index in [0.717, 1.165) is 12.0 Å². The van der Waals surface area contributed by atoms with E-state index in [-0.39, 0.29) is 12.5 Å². The molecule has 0 aliphatic heterocycles. The van der Waals surface area contributed by atoms with Gasteiger partial charge in [-0.05, 0) is 24.1 Å². The van der Waals surface area contributed by atoms with Crippen molar-refractivity contribution in [2.75, 3.05) is 47.9 Å². The minimum absolute atomic E-state index is 0.0559. The third-order valence-electron chi connectivity index (χ3n) is 3.44. The Hall–Kier alpha value is -2.70. The van der Waals surface area contributed by atoms with E-state index in [1.54, 1.807) is 34.4 Å². The molecular formula is C18H28N4O3. The van der Waals surface area contributed by atoms with Crippen molar-refractivity contribution in [2.24, 2.45) is 4.99 Å². The second-order valence-electron chi connectivity index (χ2n) is 5.49. The fraction of sp³-hybridized carbons (Fsp3) is 0.444. The molecule has 0 radical (unpaired) electrons. The van der Waals surface area contributed by atoms with Crippen molar-refractivity contribution >= 4 is 11.9 Å². The average Bonchev–Trinajstić information content (AvgIpc) is 2.62. The number of rotatable bonds is 9. The number of benzene rings is 1. The van der Waals surface area contributed by atoms with Gasteiger partial charge in [0.1, 0.15) is 6.54 Å². The predicted octanol–water partition coefficient (Wildman–Crippen LogP) is 1.06. The van der Waals surface area contributed by atoms with Crippen LogP contribution >= 0.6 is 0 Å². The Morgan fingerprint density at radius 3 is 2.56 bits per heavy atom. The number of hydrogen-bond donors (Lipinski definition) is 2. The van der Waals surface area contributed by atoms with Crippen molar-refractivity contribution in [3.05, 3.63) is 36.4 Å². The van der Waals surface area contributed by atoms with E-state index < -0.39 is 0 Å². The van der Waals surface area contributed by atoms with Gasteiger partial charge in [-0.15, -0.1) is 6.58 Å².